The first-order valence-electron chi connectivity index (χ1n) is 6.45. The monoisotopic (exact) mass is 271 g/mol. The number of methoxy groups -OCH3 is 1. The van der Waals surface area contributed by atoms with Gasteiger partial charge < -0.3 is 14.2 Å². The van der Waals surface area contributed by atoms with E-state index in [1.54, 1.807) is 27.9 Å². The Balaban J connectivity index is 2.10. The predicted molar refractivity (Wildman–Crippen MR) is 66.6 cm³/mol. The summed E-state index contributed by atoms with van der Waals surface area (Å²) in [5.41, 5.74) is -0.582. The minimum absolute atomic E-state index is 0.0289. The lowest BCUT2D eigenvalue weighted by Gasteiger charge is -2.28. The van der Waals surface area contributed by atoms with E-state index in [-0.39, 0.29) is 36.7 Å². The van der Waals surface area contributed by atoms with E-state index in [1.165, 1.54) is 4.90 Å². The molecule has 0 aliphatic carbocycles. The summed E-state index contributed by atoms with van der Waals surface area (Å²) in [7, 11) is 1.55. The summed E-state index contributed by atoms with van der Waals surface area (Å²) in [5.74, 6) is -0.223. The molecule has 2 heterocycles. The fourth-order valence-corrected chi connectivity index (χ4v) is 2.39. The number of hydrogen-bond acceptors (Lipinski definition) is 5. The zero-order chi connectivity index (χ0) is 14.4. The maximum atomic E-state index is 12.1. The molecule has 6 nitrogen and oxygen atoms in total. The first-order chi connectivity index (χ1) is 8.74. The minimum Gasteiger partial charge on any atom is -0.444 e. The molecule has 0 aromatic carbocycles. The van der Waals surface area contributed by atoms with Crippen LogP contribution in [-0.4, -0.2) is 54.5 Å². The molecule has 0 saturated carbocycles. The van der Waals surface area contributed by atoms with Crippen LogP contribution in [0.2, 0.25) is 0 Å². The number of rotatable bonds is 2. The van der Waals surface area contributed by atoms with Gasteiger partial charge in [-0.3, -0.25) is 9.69 Å². The van der Waals surface area contributed by atoms with Crippen LogP contribution >= 0.6 is 0 Å². The van der Waals surface area contributed by atoms with Crippen molar-refractivity contribution in [2.24, 2.45) is 5.92 Å². The van der Waals surface area contributed by atoms with Crippen LogP contribution in [0.3, 0.4) is 0 Å². The van der Waals surface area contributed by atoms with Crippen molar-refractivity contribution in [2.45, 2.75) is 51.7 Å². The van der Waals surface area contributed by atoms with Crippen LogP contribution in [-0.2, 0) is 19.0 Å². The molecule has 2 saturated heterocycles. The van der Waals surface area contributed by atoms with Crippen molar-refractivity contribution in [3.8, 4) is 0 Å². The fraction of sp³-hybridized carbons (Fsp3) is 0.846. The molecular formula is C13H21NO5. The molecule has 0 N–H and O–H groups in total. The molecule has 1 amide bonds. The van der Waals surface area contributed by atoms with Crippen LogP contribution in [0, 0.1) is 5.92 Å². The highest BCUT2D eigenvalue weighted by atomic mass is 16.8. The van der Waals surface area contributed by atoms with Crippen molar-refractivity contribution in [1.29, 1.82) is 0 Å². The van der Waals surface area contributed by atoms with E-state index in [9.17, 15) is 9.59 Å². The van der Waals surface area contributed by atoms with E-state index in [4.69, 9.17) is 14.2 Å². The molecule has 6 heteroatoms. The molecule has 4 atom stereocenters. The van der Waals surface area contributed by atoms with Crippen LogP contribution in [0.5, 0.6) is 0 Å². The Labute approximate surface area is 113 Å². The van der Waals surface area contributed by atoms with Crippen LogP contribution in [0.25, 0.3) is 0 Å². The number of Topliss-reactive ketones (excluding diaryl/α,β-unsaturated/α-hetero) is 1. The smallest absolute Gasteiger partial charge is 0.411 e. The van der Waals surface area contributed by atoms with Gasteiger partial charge in [0.15, 0.2) is 12.1 Å². The van der Waals surface area contributed by atoms with E-state index in [1.807, 2.05) is 6.92 Å². The Morgan fingerprint density at radius 2 is 2.05 bits per heavy atom. The molecule has 0 radical (unpaired) electrons. The van der Waals surface area contributed by atoms with E-state index < -0.39 is 11.7 Å². The summed E-state index contributed by atoms with van der Waals surface area (Å²) in [6.07, 6.45) is -1.04. The van der Waals surface area contributed by atoms with Gasteiger partial charge in [0, 0.05) is 13.0 Å². The van der Waals surface area contributed by atoms with E-state index >= 15 is 0 Å². The predicted octanol–water partition coefficient (Wildman–Crippen LogP) is 1.18. The number of ether oxygens (including phenoxy) is 3. The van der Waals surface area contributed by atoms with Gasteiger partial charge in [0.25, 0.3) is 0 Å². The molecule has 0 aromatic heterocycles. The lowest BCUT2D eigenvalue weighted by Crippen LogP contribution is -2.44. The Morgan fingerprint density at radius 3 is 2.53 bits per heavy atom. The lowest BCUT2D eigenvalue weighted by molar-refractivity contribution is -0.119. The molecule has 108 valence electrons. The number of carbonyl (C=O) groups is 2. The molecule has 0 aromatic rings. The molecule has 2 fully saturated rings. The lowest BCUT2D eigenvalue weighted by atomic mass is 9.99. The van der Waals surface area contributed by atoms with Crippen molar-refractivity contribution >= 4 is 11.9 Å². The zero-order valence-corrected chi connectivity index (χ0v) is 12.0. The van der Waals surface area contributed by atoms with Crippen molar-refractivity contribution < 1.29 is 23.8 Å². The fourth-order valence-electron chi connectivity index (χ4n) is 2.39. The molecule has 0 bridgehead atoms. The zero-order valence-electron chi connectivity index (χ0n) is 12.0. The van der Waals surface area contributed by atoms with Gasteiger partial charge in [0.2, 0.25) is 0 Å². The average Bonchev–Trinajstić information content (AvgIpc) is 2.98. The molecule has 2 rings (SSSR count). The van der Waals surface area contributed by atoms with Gasteiger partial charge in [-0.15, -0.1) is 0 Å². The van der Waals surface area contributed by atoms with Gasteiger partial charge in [0.1, 0.15) is 11.7 Å². The largest absolute Gasteiger partial charge is 0.444 e. The van der Waals surface area contributed by atoms with Crippen molar-refractivity contribution in [1.82, 2.24) is 4.90 Å². The van der Waals surface area contributed by atoms with E-state index in [2.05, 4.69) is 0 Å². The molecule has 2 aliphatic rings. The summed E-state index contributed by atoms with van der Waals surface area (Å²) >= 11 is 0. The Bertz CT molecular complexity index is 389. The standard InChI is InChI=1S/C13H21NO5/c1-7-8(15)6-14(12(16)19-13(2,3)4)9(7)10-11(17-5)18-10/h7,9-11H,6H2,1-5H3. The number of carbonyl (C=O) groups excluding carboxylic acids is 2. The summed E-state index contributed by atoms with van der Waals surface area (Å²) in [6.45, 7) is 7.29. The van der Waals surface area contributed by atoms with Crippen molar-refractivity contribution in [3.05, 3.63) is 0 Å². The van der Waals surface area contributed by atoms with Gasteiger partial charge in [-0.2, -0.15) is 0 Å². The maximum Gasteiger partial charge on any atom is 0.411 e. The third-order valence-corrected chi connectivity index (χ3v) is 3.39. The van der Waals surface area contributed by atoms with Crippen molar-refractivity contribution in [3.63, 3.8) is 0 Å². The van der Waals surface area contributed by atoms with E-state index in [0.717, 1.165) is 0 Å². The third-order valence-electron chi connectivity index (χ3n) is 3.39. The number of epoxide rings is 1. The summed E-state index contributed by atoms with van der Waals surface area (Å²) in [4.78, 5) is 25.5. The summed E-state index contributed by atoms with van der Waals surface area (Å²) in [6, 6.07) is -0.299. The Kier molecular flexibility index (Phi) is 3.57. The minimum atomic E-state index is -0.582. The van der Waals surface area contributed by atoms with Gasteiger partial charge in [-0.25, -0.2) is 4.79 Å². The molecule has 2 aliphatic heterocycles. The van der Waals surface area contributed by atoms with Crippen LogP contribution in [0.1, 0.15) is 27.7 Å². The third kappa shape index (κ3) is 2.90. The summed E-state index contributed by atoms with van der Waals surface area (Å²) in [5, 5.41) is 0. The number of hydrogen-bond donors (Lipinski definition) is 0. The quantitative estimate of drug-likeness (QED) is 0.705. The van der Waals surface area contributed by atoms with Gasteiger partial charge in [0.05, 0.1) is 12.6 Å². The van der Waals surface area contributed by atoms with Crippen LogP contribution in [0.15, 0.2) is 0 Å². The molecule has 0 spiro atoms. The maximum absolute atomic E-state index is 12.1. The first-order valence-corrected chi connectivity index (χ1v) is 6.45. The van der Waals surface area contributed by atoms with Crippen LogP contribution in [0.4, 0.5) is 4.79 Å². The molecule has 4 unspecified atom stereocenters. The van der Waals surface area contributed by atoms with Crippen molar-refractivity contribution in [2.75, 3.05) is 13.7 Å². The SMILES string of the molecule is COC1OC1C1C(C)C(=O)CN1C(=O)OC(C)(C)C. The Morgan fingerprint density at radius 1 is 1.42 bits per heavy atom. The number of ketones is 1. The molecule has 19 heavy (non-hydrogen) atoms. The second-order valence-electron chi connectivity index (χ2n) is 6.06. The first kappa shape index (κ1) is 14.3. The topological polar surface area (TPSA) is 68.4 Å². The number of nitrogens with zero attached hydrogens (tertiary/aromatic N) is 1. The second kappa shape index (κ2) is 4.76. The highest BCUT2D eigenvalue weighted by Gasteiger charge is 2.56. The summed E-state index contributed by atoms with van der Waals surface area (Å²) < 4.78 is 15.8. The highest BCUT2D eigenvalue weighted by Crippen LogP contribution is 2.37. The van der Waals surface area contributed by atoms with Gasteiger partial charge in [-0.05, 0) is 20.8 Å². The normalized spacial score (nSPS) is 34.6. The van der Waals surface area contributed by atoms with Gasteiger partial charge >= 0.3 is 6.09 Å². The second-order valence-corrected chi connectivity index (χ2v) is 6.06. The molecular weight excluding hydrogens is 250 g/mol. The van der Waals surface area contributed by atoms with E-state index in [0.29, 0.717) is 0 Å². The average molecular weight is 271 g/mol. The van der Waals surface area contributed by atoms with Gasteiger partial charge in [-0.1, -0.05) is 6.92 Å². The highest BCUT2D eigenvalue weighted by molar-refractivity contribution is 5.90. The number of likely N-dealkylation sites (tertiary alicyclic amines) is 1. The van der Waals surface area contributed by atoms with Crippen LogP contribution < -0.4 is 0 Å². The Hall–Kier alpha value is -1.14. The number of amides is 1.